The van der Waals surface area contributed by atoms with Gasteiger partial charge in [0.25, 0.3) is 0 Å². The van der Waals surface area contributed by atoms with Crippen LogP contribution in [0, 0.1) is 5.92 Å². The highest BCUT2D eigenvalue weighted by Crippen LogP contribution is 2.33. The summed E-state index contributed by atoms with van der Waals surface area (Å²) in [7, 11) is 1.71. The molecule has 2 fully saturated rings. The Morgan fingerprint density at radius 3 is 2.56 bits per heavy atom. The van der Waals surface area contributed by atoms with Crippen LogP contribution in [-0.2, 0) is 4.79 Å². The number of hydrogen-bond acceptors (Lipinski definition) is 3. The zero-order valence-electron chi connectivity index (χ0n) is 16.4. The maximum atomic E-state index is 12.5. The minimum Gasteiger partial charge on any atom is -0.496 e. The Labute approximate surface area is 161 Å². The Morgan fingerprint density at radius 1 is 1.11 bits per heavy atom. The molecule has 27 heavy (non-hydrogen) atoms. The highest BCUT2D eigenvalue weighted by Gasteiger charge is 2.27. The van der Waals surface area contributed by atoms with Gasteiger partial charge < -0.3 is 19.9 Å². The molecule has 2 aliphatic heterocycles. The van der Waals surface area contributed by atoms with Crippen LogP contribution >= 0.6 is 0 Å². The number of para-hydroxylation sites is 1. The third kappa shape index (κ3) is 4.93. The van der Waals surface area contributed by atoms with Crippen molar-refractivity contribution in [1.29, 1.82) is 0 Å². The number of rotatable bonds is 4. The normalized spacial score (nSPS) is 21.0. The molecule has 148 valence electrons. The van der Waals surface area contributed by atoms with Crippen molar-refractivity contribution in [2.24, 2.45) is 5.92 Å². The summed E-state index contributed by atoms with van der Waals surface area (Å²) in [4.78, 5) is 27.9. The molecule has 1 aromatic rings. The first-order valence-corrected chi connectivity index (χ1v) is 9.99. The lowest BCUT2D eigenvalue weighted by atomic mass is 9.89. The molecule has 2 aliphatic rings. The fourth-order valence-electron chi connectivity index (χ4n) is 4.26. The second kappa shape index (κ2) is 9.11. The standard InChI is InChI=1S/C21H31N3O3/c1-16(25)24-11-5-6-17(15-24)14-22-21(26)23-12-9-18(10-13-23)19-7-3-4-8-20(19)27-2/h3-4,7-8,17-18H,5-6,9-15H2,1-2H3,(H,22,26). The van der Waals surface area contributed by atoms with Gasteiger partial charge in [0.05, 0.1) is 7.11 Å². The predicted molar refractivity (Wildman–Crippen MR) is 105 cm³/mol. The van der Waals surface area contributed by atoms with Gasteiger partial charge in [-0.1, -0.05) is 18.2 Å². The van der Waals surface area contributed by atoms with Gasteiger partial charge in [0.1, 0.15) is 5.75 Å². The molecule has 1 aromatic carbocycles. The van der Waals surface area contributed by atoms with Gasteiger partial charge in [-0.15, -0.1) is 0 Å². The summed E-state index contributed by atoms with van der Waals surface area (Å²) in [6.07, 6.45) is 4.00. The molecular weight excluding hydrogens is 342 g/mol. The summed E-state index contributed by atoms with van der Waals surface area (Å²) in [6, 6.07) is 8.19. The van der Waals surface area contributed by atoms with Gasteiger partial charge in [0.2, 0.25) is 5.91 Å². The van der Waals surface area contributed by atoms with E-state index < -0.39 is 0 Å². The Bertz CT molecular complexity index is 656. The molecule has 2 heterocycles. The van der Waals surface area contributed by atoms with Crippen LogP contribution in [0.2, 0.25) is 0 Å². The number of benzene rings is 1. The first-order valence-electron chi connectivity index (χ1n) is 9.99. The third-order valence-electron chi connectivity index (χ3n) is 5.87. The smallest absolute Gasteiger partial charge is 0.317 e. The van der Waals surface area contributed by atoms with Crippen molar-refractivity contribution >= 4 is 11.9 Å². The van der Waals surface area contributed by atoms with E-state index in [9.17, 15) is 9.59 Å². The van der Waals surface area contributed by atoms with E-state index in [4.69, 9.17) is 4.74 Å². The number of urea groups is 1. The summed E-state index contributed by atoms with van der Waals surface area (Å²) in [5.41, 5.74) is 1.24. The molecule has 0 aliphatic carbocycles. The van der Waals surface area contributed by atoms with Crippen LogP contribution in [0.1, 0.15) is 44.1 Å². The number of hydrogen-bond donors (Lipinski definition) is 1. The van der Waals surface area contributed by atoms with E-state index in [2.05, 4.69) is 11.4 Å². The average molecular weight is 373 g/mol. The number of ether oxygens (including phenoxy) is 1. The van der Waals surface area contributed by atoms with Crippen LogP contribution in [-0.4, -0.2) is 61.6 Å². The quantitative estimate of drug-likeness (QED) is 0.883. The number of likely N-dealkylation sites (tertiary alicyclic amines) is 2. The Morgan fingerprint density at radius 2 is 1.85 bits per heavy atom. The molecule has 3 rings (SSSR count). The van der Waals surface area contributed by atoms with Crippen LogP contribution in [0.5, 0.6) is 5.75 Å². The molecule has 1 N–H and O–H groups in total. The van der Waals surface area contributed by atoms with Crippen molar-refractivity contribution in [3.8, 4) is 5.75 Å². The van der Waals surface area contributed by atoms with Crippen molar-refractivity contribution in [3.63, 3.8) is 0 Å². The topological polar surface area (TPSA) is 61.9 Å². The van der Waals surface area contributed by atoms with Gasteiger partial charge in [-0.05, 0) is 49.1 Å². The van der Waals surface area contributed by atoms with E-state index in [1.54, 1.807) is 14.0 Å². The first-order chi connectivity index (χ1) is 13.1. The van der Waals surface area contributed by atoms with Crippen molar-refractivity contribution < 1.29 is 14.3 Å². The fourth-order valence-corrected chi connectivity index (χ4v) is 4.26. The molecule has 6 heteroatoms. The summed E-state index contributed by atoms with van der Waals surface area (Å²) >= 11 is 0. The molecule has 0 spiro atoms. The van der Waals surface area contributed by atoms with Crippen LogP contribution in [0.3, 0.4) is 0 Å². The van der Waals surface area contributed by atoms with Crippen molar-refractivity contribution in [3.05, 3.63) is 29.8 Å². The van der Waals surface area contributed by atoms with Crippen molar-refractivity contribution in [1.82, 2.24) is 15.1 Å². The zero-order valence-corrected chi connectivity index (χ0v) is 16.4. The van der Waals surface area contributed by atoms with Gasteiger partial charge in [-0.3, -0.25) is 4.79 Å². The van der Waals surface area contributed by atoms with E-state index in [-0.39, 0.29) is 11.9 Å². The number of methoxy groups -OCH3 is 1. The maximum Gasteiger partial charge on any atom is 0.317 e. The molecular formula is C21H31N3O3. The molecule has 1 unspecified atom stereocenters. The maximum absolute atomic E-state index is 12.5. The van der Waals surface area contributed by atoms with E-state index >= 15 is 0 Å². The molecule has 2 saturated heterocycles. The fraction of sp³-hybridized carbons (Fsp3) is 0.619. The number of amides is 3. The van der Waals surface area contributed by atoms with Crippen LogP contribution in [0.15, 0.2) is 24.3 Å². The van der Waals surface area contributed by atoms with Gasteiger partial charge in [-0.25, -0.2) is 4.79 Å². The summed E-state index contributed by atoms with van der Waals surface area (Å²) in [6.45, 7) is 5.39. The Hall–Kier alpha value is -2.24. The summed E-state index contributed by atoms with van der Waals surface area (Å²) in [5.74, 6) is 1.86. The van der Waals surface area contributed by atoms with Crippen molar-refractivity contribution in [2.75, 3.05) is 39.8 Å². The lowest BCUT2D eigenvalue weighted by Gasteiger charge is -2.35. The Balaban J connectivity index is 1.45. The minimum atomic E-state index is 0.0217. The zero-order chi connectivity index (χ0) is 19.2. The van der Waals surface area contributed by atoms with Gasteiger partial charge in [0.15, 0.2) is 0 Å². The van der Waals surface area contributed by atoms with Gasteiger partial charge >= 0.3 is 6.03 Å². The lowest BCUT2D eigenvalue weighted by molar-refractivity contribution is -0.130. The molecule has 6 nitrogen and oxygen atoms in total. The number of nitrogens with one attached hydrogen (secondary N) is 1. The van der Waals surface area contributed by atoms with Crippen LogP contribution in [0.25, 0.3) is 0 Å². The van der Waals surface area contributed by atoms with Crippen LogP contribution < -0.4 is 10.1 Å². The number of nitrogens with zero attached hydrogens (tertiary/aromatic N) is 2. The van der Waals surface area contributed by atoms with Crippen molar-refractivity contribution in [2.45, 2.75) is 38.5 Å². The second-order valence-corrected chi connectivity index (χ2v) is 7.66. The van der Waals surface area contributed by atoms with Gasteiger partial charge in [-0.2, -0.15) is 0 Å². The molecule has 3 amide bonds. The summed E-state index contributed by atoms with van der Waals surface area (Å²) < 4.78 is 5.48. The highest BCUT2D eigenvalue weighted by atomic mass is 16.5. The van der Waals surface area contributed by atoms with E-state index in [1.807, 2.05) is 28.0 Å². The Kier molecular flexibility index (Phi) is 6.58. The average Bonchev–Trinajstić information content (AvgIpc) is 2.72. The molecule has 0 aromatic heterocycles. The molecule has 0 radical (unpaired) electrons. The monoisotopic (exact) mass is 373 g/mol. The lowest BCUT2D eigenvalue weighted by Crippen LogP contribution is -2.48. The van der Waals surface area contributed by atoms with Crippen LogP contribution in [0.4, 0.5) is 4.79 Å². The number of piperidine rings is 2. The van der Waals surface area contributed by atoms with E-state index in [0.29, 0.717) is 18.4 Å². The predicted octanol–water partition coefficient (Wildman–Crippen LogP) is 2.84. The first kappa shape index (κ1) is 19.5. The van der Waals surface area contributed by atoms with E-state index in [1.165, 1.54) is 5.56 Å². The largest absolute Gasteiger partial charge is 0.496 e. The van der Waals surface area contributed by atoms with Gasteiger partial charge in [0, 0.05) is 39.6 Å². The SMILES string of the molecule is COc1ccccc1C1CCN(C(=O)NCC2CCCN(C(C)=O)C2)CC1. The summed E-state index contributed by atoms with van der Waals surface area (Å²) in [5, 5.41) is 3.08. The molecule has 0 saturated carbocycles. The molecule has 0 bridgehead atoms. The molecule has 1 atom stereocenters. The third-order valence-corrected chi connectivity index (χ3v) is 5.87. The number of carbonyl (C=O) groups is 2. The van der Waals surface area contributed by atoms with E-state index in [0.717, 1.165) is 57.6 Å². The number of carbonyl (C=O) groups excluding carboxylic acids is 2. The second-order valence-electron chi connectivity index (χ2n) is 7.66. The minimum absolute atomic E-state index is 0.0217. The highest BCUT2D eigenvalue weighted by molar-refractivity contribution is 5.74.